The molecule has 39 heavy (non-hydrogen) atoms. The zero-order valence-corrected chi connectivity index (χ0v) is 21.9. The quantitative estimate of drug-likeness (QED) is 0.246. The van der Waals surface area contributed by atoms with Gasteiger partial charge >= 0.3 is 6.09 Å². The molecule has 200 valence electrons. The first-order valence-corrected chi connectivity index (χ1v) is 13.3. The number of fused-ring (bicyclic) bond motifs is 2. The average Bonchev–Trinajstić information content (AvgIpc) is 3.55. The maximum absolute atomic E-state index is 12.2. The molecule has 1 amide bonds. The van der Waals surface area contributed by atoms with E-state index in [9.17, 15) is 4.79 Å². The minimum Gasteiger partial charge on any atom is -0.445 e. The predicted molar refractivity (Wildman–Crippen MR) is 151 cm³/mol. The summed E-state index contributed by atoms with van der Waals surface area (Å²) in [4.78, 5) is 25.0. The molecule has 0 spiro atoms. The van der Waals surface area contributed by atoms with E-state index in [1.165, 1.54) is 0 Å². The molecular weight excluding hydrogens is 492 g/mol. The number of ether oxygens (including phenoxy) is 1. The molecule has 0 saturated heterocycles. The number of benzene rings is 2. The van der Waals surface area contributed by atoms with E-state index in [0.717, 1.165) is 64.9 Å². The van der Waals surface area contributed by atoms with E-state index in [-0.39, 0.29) is 24.6 Å². The second-order valence-electron chi connectivity index (χ2n) is 10.3. The summed E-state index contributed by atoms with van der Waals surface area (Å²) in [7, 11) is 0. The number of alkyl carbamates (subject to hydrolysis) is 1. The van der Waals surface area contributed by atoms with Crippen LogP contribution in [-0.4, -0.2) is 37.2 Å². The molecule has 0 aliphatic heterocycles. The number of hydrogen-bond donors (Lipinski definition) is 4. The van der Waals surface area contributed by atoms with Crippen LogP contribution in [0.15, 0.2) is 54.6 Å². The standard InChI is InChI=1S/C29H32N8O2/c1-17-6-5-9-21-14-22(33-23(17)21)24-25-26(30)35-28(31)36-37(25)27(34-24)20-12-10-18(11-13-20)15-32-29(38)39-16-19-7-3-2-4-8-19/h2-9,14,18,20,33H,10-13,15-16H2,1H3,(H,32,38)(H4,30,31,35,36)/t18-,20-. The molecule has 1 aliphatic carbocycles. The first-order valence-electron chi connectivity index (χ1n) is 13.3. The number of aromatic amines is 1. The number of anilines is 2. The van der Waals surface area contributed by atoms with Crippen LogP contribution >= 0.6 is 0 Å². The molecule has 0 bridgehead atoms. The molecular formula is C29H32N8O2. The SMILES string of the molecule is Cc1cccc2cc(-c3nc([C@H]4CC[C@H](CNC(=O)OCc5ccccc5)CC4)n4nc(N)nc(N)c34)[nH]c12. The Morgan fingerprint density at radius 3 is 2.64 bits per heavy atom. The number of amides is 1. The van der Waals surface area contributed by atoms with Gasteiger partial charge in [-0.15, -0.1) is 5.10 Å². The van der Waals surface area contributed by atoms with Gasteiger partial charge in [0.1, 0.15) is 23.6 Å². The van der Waals surface area contributed by atoms with E-state index in [4.69, 9.17) is 21.2 Å². The maximum atomic E-state index is 12.2. The fraction of sp³-hybridized carbons (Fsp3) is 0.310. The first kappa shape index (κ1) is 24.7. The van der Waals surface area contributed by atoms with Crippen LogP contribution in [0.25, 0.3) is 27.8 Å². The number of aromatic nitrogens is 5. The van der Waals surface area contributed by atoms with Gasteiger partial charge in [0.2, 0.25) is 5.95 Å². The van der Waals surface area contributed by atoms with Gasteiger partial charge in [0.15, 0.2) is 5.82 Å². The highest BCUT2D eigenvalue weighted by Gasteiger charge is 2.29. The Bertz CT molecular complexity index is 1630. The smallest absolute Gasteiger partial charge is 0.407 e. The third-order valence-electron chi connectivity index (χ3n) is 7.64. The van der Waals surface area contributed by atoms with Crippen LogP contribution in [0.2, 0.25) is 0 Å². The molecule has 1 fully saturated rings. The number of carbonyl (C=O) groups excluding carboxylic acids is 1. The van der Waals surface area contributed by atoms with Crippen molar-refractivity contribution in [1.82, 2.24) is 29.9 Å². The van der Waals surface area contributed by atoms with E-state index >= 15 is 0 Å². The van der Waals surface area contributed by atoms with E-state index in [2.05, 4.69) is 45.5 Å². The van der Waals surface area contributed by atoms with Gasteiger partial charge in [-0.1, -0.05) is 48.5 Å². The topological polar surface area (TPSA) is 149 Å². The number of imidazole rings is 1. The summed E-state index contributed by atoms with van der Waals surface area (Å²) in [6, 6.07) is 17.9. The van der Waals surface area contributed by atoms with Crippen molar-refractivity contribution in [2.45, 2.75) is 45.1 Å². The Balaban J connectivity index is 1.17. The van der Waals surface area contributed by atoms with Crippen molar-refractivity contribution < 1.29 is 9.53 Å². The highest BCUT2D eigenvalue weighted by Crippen LogP contribution is 2.38. The van der Waals surface area contributed by atoms with Gasteiger partial charge in [-0.05, 0) is 55.7 Å². The Morgan fingerprint density at radius 1 is 1.08 bits per heavy atom. The molecule has 0 unspecified atom stereocenters. The van der Waals surface area contributed by atoms with Gasteiger partial charge in [-0.25, -0.2) is 14.3 Å². The maximum Gasteiger partial charge on any atom is 0.407 e. The van der Waals surface area contributed by atoms with E-state index in [1.54, 1.807) is 4.52 Å². The van der Waals surface area contributed by atoms with Gasteiger partial charge < -0.3 is 26.5 Å². The minimum atomic E-state index is -0.388. The molecule has 3 heterocycles. The van der Waals surface area contributed by atoms with Crippen LogP contribution in [0, 0.1) is 12.8 Å². The molecule has 0 atom stereocenters. The van der Waals surface area contributed by atoms with Crippen LogP contribution in [0.3, 0.4) is 0 Å². The lowest BCUT2D eigenvalue weighted by Crippen LogP contribution is -2.31. The lowest BCUT2D eigenvalue weighted by molar-refractivity contribution is 0.136. The van der Waals surface area contributed by atoms with E-state index in [0.29, 0.717) is 23.8 Å². The normalized spacial score (nSPS) is 17.5. The van der Waals surface area contributed by atoms with Crippen molar-refractivity contribution in [3.63, 3.8) is 0 Å². The Kier molecular flexibility index (Phi) is 6.52. The summed E-state index contributed by atoms with van der Waals surface area (Å²) in [6.07, 6.45) is 3.35. The molecule has 2 aromatic carbocycles. The van der Waals surface area contributed by atoms with Crippen molar-refractivity contribution in [3.05, 3.63) is 71.5 Å². The van der Waals surface area contributed by atoms with Crippen molar-refractivity contribution in [1.29, 1.82) is 0 Å². The molecule has 0 radical (unpaired) electrons. The predicted octanol–water partition coefficient (Wildman–Crippen LogP) is 4.95. The van der Waals surface area contributed by atoms with E-state index < -0.39 is 0 Å². The summed E-state index contributed by atoms with van der Waals surface area (Å²) in [6.45, 7) is 2.93. The minimum absolute atomic E-state index is 0.115. The van der Waals surface area contributed by atoms with Gasteiger partial charge in [0, 0.05) is 23.4 Å². The van der Waals surface area contributed by atoms with Gasteiger partial charge in [0.05, 0.1) is 5.69 Å². The van der Waals surface area contributed by atoms with Crippen LogP contribution in [0.4, 0.5) is 16.6 Å². The van der Waals surface area contributed by atoms with Crippen LogP contribution in [-0.2, 0) is 11.3 Å². The second-order valence-corrected chi connectivity index (χ2v) is 10.3. The average molecular weight is 525 g/mol. The fourth-order valence-electron chi connectivity index (χ4n) is 5.58. The van der Waals surface area contributed by atoms with E-state index in [1.807, 2.05) is 36.4 Å². The molecule has 10 heteroatoms. The van der Waals surface area contributed by atoms with Crippen LogP contribution in [0.5, 0.6) is 0 Å². The third kappa shape index (κ3) is 4.97. The number of H-pyrrole nitrogens is 1. The summed E-state index contributed by atoms with van der Waals surface area (Å²) < 4.78 is 7.12. The Morgan fingerprint density at radius 2 is 1.87 bits per heavy atom. The molecule has 1 saturated carbocycles. The highest BCUT2D eigenvalue weighted by molar-refractivity contribution is 5.92. The summed E-state index contributed by atoms with van der Waals surface area (Å²) in [5, 5.41) is 8.54. The molecule has 3 aromatic heterocycles. The Labute approximate surface area is 225 Å². The number of hydrogen-bond acceptors (Lipinski definition) is 7. The summed E-state index contributed by atoms with van der Waals surface area (Å²) >= 11 is 0. The number of nitrogens with one attached hydrogen (secondary N) is 2. The zero-order chi connectivity index (χ0) is 26.9. The van der Waals surface area contributed by atoms with Crippen LogP contribution in [0.1, 0.15) is 48.6 Å². The number of rotatable bonds is 6. The largest absolute Gasteiger partial charge is 0.445 e. The number of carbonyl (C=O) groups is 1. The molecule has 1 aliphatic rings. The molecule has 10 nitrogen and oxygen atoms in total. The lowest BCUT2D eigenvalue weighted by atomic mass is 9.81. The number of nitrogens with zero attached hydrogens (tertiary/aromatic N) is 4. The highest BCUT2D eigenvalue weighted by atomic mass is 16.5. The fourth-order valence-corrected chi connectivity index (χ4v) is 5.58. The van der Waals surface area contributed by atoms with Crippen molar-refractivity contribution in [2.75, 3.05) is 18.0 Å². The van der Waals surface area contributed by atoms with Crippen molar-refractivity contribution in [3.8, 4) is 11.4 Å². The van der Waals surface area contributed by atoms with Crippen LogP contribution < -0.4 is 16.8 Å². The molecule has 5 aromatic rings. The number of para-hydroxylation sites is 1. The number of nitrogen functional groups attached to an aromatic ring is 2. The first-order chi connectivity index (χ1) is 19.0. The van der Waals surface area contributed by atoms with Gasteiger partial charge in [-0.2, -0.15) is 4.98 Å². The summed E-state index contributed by atoms with van der Waals surface area (Å²) in [5.41, 5.74) is 17.8. The van der Waals surface area contributed by atoms with Gasteiger partial charge in [0.25, 0.3) is 0 Å². The third-order valence-corrected chi connectivity index (χ3v) is 7.64. The lowest BCUT2D eigenvalue weighted by Gasteiger charge is -2.27. The summed E-state index contributed by atoms with van der Waals surface area (Å²) in [5.74, 6) is 1.82. The van der Waals surface area contributed by atoms with Crippen molar-refractivity contribution in [2.24, 2.45) is 5.92 Å². The second kappa shape index (κ2) is 10.3. The number of aryl methyl sites for hydroxylation is 1. The molecule has 6 rings (SSSR count). The van der Waals surface area contributed by atoms with Gasteiger partial charge in [-0.3, -0.25) is 0 Å². The van der Waals surface area contributed by atoms with Crippen molar-refractivity contribution >= 4 is 34.3 Å². The Hall–Kier alpha value is -4.60. The number of nitrogens with two attached hydrogens (primary N) is 2. The molecule has 6 N–H and O–H groups in total. The zero-order valence-electron chi connectivity index (χ0n) is 21.9. The monoisotopic (exact) mass is 524 g/mol.